The Morgan fingerprint density at radius 2 is 1.81 bits per heavy atom. The SMILES string of the molecule is COc1ccccc1-c1nnc(SCC(=O)Nc2ccccc2Cl)n1-c1cccc(Cl)c1. The van der Waals surface area contributed by atoms with Gasteiger partial charge in [-0.3, -0.25) is 9.36 Å². The van der Waals surface area contributed by atoms with Crippen LogP contribution in [0.4, 0.5) is 5.69 Å². The van der Waals surface area contributed by atoms with Crippen LogP contribution in [-0.4, -0.2) is 33.5 Å². The highest BCUT2D eigenvalue weighted by Gasteiger charge is 2.20. The molecule has 1 N–H and O–H groups in total. The van der Waals surface area contributed by atoms with E-state index in [0.29, 0.717) is 32.5 Å². The van der Waals surface area contributed by atoms with Gasteiger partial charge in [0.2, 0.25) is 5.91 Å². The number of thioether (sulfide) groups is 1. The van der Waals surface area contributed by atoms with Gasteiger partial charge in [-0.1, -0.05) is 65.3 Å². The predicted molar refractivity (Wildman–Crippen MR) is 129 cm³/mol. The second kappa shape index (κ2) is 10.1. The smallest absolute Gasteiger partial charge is 0.234 e. The maximum absolute atomic E-state index is 12.5. The number of nitrogens with one attached hydrogen (secondary N) is 1. The largest absolute Gasteiger partial charge is 0.496 e. The predicted octanol–water partition coefficient (Wildman–Crippen LogP) is 5.98. The van der Waals surface area contributed by atoms with E-state index in [9.17, 15) is 4.79 Å². The van der Waals surface area contributed by atoms with Crippen molar-refractivity contribution in [2.75, 3.05) is 18.2 Å². The van der Waals surface area contributed by atoms with E-state index in [2.05, 4.69) is 15.5 Å². The van der Waals surface area contributed by atoms with Crippen LogP contribution in [0.1, 0.15) is 0 Å². The minimum Gasteiger partial charge on any atom is -0.496 e. The number of rotatable bonds is 7. The molecule has 0 saturated carbocycles. The van der Waals surface area contributed by atoms with Crippen molar-refractivity contribution < 1.29 is 9.53 Å². The lowest BCUT2D eigenvalue weighted by Crippen LogP contribution is -2.14. The molecule has 3 aromatic carbocycles. The molecule has 0 aliphatic rings. The van der Waals surface area contributed by atoms with Crippen LogP contribution in [0, 0.1) is 0 Å². The average Bonchev–Trinajstić information content (AvgIpc) is 3.23. The second-order valence-corrected chi connectivity index (χ2v) is 8.42. The van der Waals surface area contributed by atoms with E-state index in [1.807, 2.05) is 53.1 Å². The van der Waals surface area contributed by atoms with Crippen molar-refractivity contribution in [1.82, 2.24) is 14.8 Å². The molecular weight excluding hydrogens is 467 g/mol. The lowest BCUT2D eigenvalue weighted by atomic mass is 10.2. The number of hydrogen-bond donors (Lipinski definition) is 1. The summed E-state index contributed by atoms with van der Waals surface area (Å²) in [6.45, 7) is 0. The molecule has 0 radical (unpaired) electrons. The van der Waals surface area contributed by atoms with Crippen molar-refractivity contribution in [3.05, 3.63) is 82.8 Å². The van der Waals surface area contributed by atoms with E-state index in [1.165, 1.54) is 11.8 Å². The summed E-state index contributed by atoms with van der Waals surface area (Å²) in [7, 11) is 1.60. The Balaban J connectivity index is 1.66. The number of hydrogen-bond acceptors (Lipinski definition) is 5. The van der Waals surface area contributed by atoms with Gasteiger partial charge in [0.05, 0.1) is 34.8 Å². The van der Waals surface area contributed by atoms with Crippen LogP contribution in [0.25, 0.3) is 17.1 Å². The topological polar surface area (TPSA) is 69.0 Å². The fourth-order valence-electron chi connectivity index (χ4n) is 3.09. The normalized spacial score (nSPS) is 10.7. The zero-order valence-electron chi connectivity index (χ0n) is 17.0. The van der Waals surface area contributed by atoms with Gasteiger partial charge in [-0.15, -0.1) is 10.2 Å². The van der Waals surface area contributed by atoms with Crippen molar-refractivity contribution >= 4 is 46.6 Å². The van der Waals surface area contributed by atoms with Gasteiger partial charge in [-0.05, 0) is 42.5 Å². The second-order valence-electron chi connectivity index (χ2n) is 6.64. The van der Waals surface area contributed by atoms with E-state index in [-0.39, 0.29) is 11.7 Å². The summed E-state index contributed by atoms with van der Waals surface area (Å²) in [6.07, 6.45) is 0. The highest BCUT2D eigenvalue weighted by atomic mass is 35.5. The third-order valence-corrected chi connectivity index (χ3v) is 6.02. The van der Waals surface area contributed by atoms with Crippen LogP contribution >= 0.6 is 35.0 Å². The molecule has 0 spiro atoms. The molecule has 0 saturated heterocycles. The molecular formula is C23H18Cl2N4O2S. The summed E-state index contributed by atoms with van der Waals surface area (Å²) in [5, 5.41) is 13.2. The Labute approximate surface area is 199 Å². The third kappa shape index (κ3) is 4.91. The number of carbonyl (C=O) groups excluding carboxylic acids is 1. The Bertz CT molecular complexity index is 1260. The van der Waals surface area contributed by atoms with Crippen molar-refractivity contribution in [1.29, 1.82) is 0 Å². The minimum atomic E-state index is -0.206. The van der Waals surface area contributed by atoms with E-state index in [4.69, 9.17) is 27.9 Å². The Morgan fingerprint density at radius 1 is 1.03 bits per heavy atom. The van der Waals surface area contributed by atoms with Crippen LogP contribution in [0.2, 0.25) is 10.0 Å². The molecule has 1 aromatic heterocycles. The lowest BCUT2D eigenvalue weighted by molar-refractivity contribution is -0.113. The van der Waals surface area contributed by atoms with Gasteiger partial charge in [-0.2, -0.15) is 0 Å². The van der Waals surface area contributed by atoms with Crippen LogP contribution in [-0.2, 0) is 4.79 Å². The van der Waals surface area contributed by atoms with Crippen LogP contribution in [0.5, 0.6) is 5.75 Å². The molecule has 4 aromatic rings. The molecule has 9 heteroatoms. The zero-order valence-corrected chi connectivity index (χ0v) is 19.3. The maximum Gasteiger partial charge on any atom is 0.234 e. The molecule has 0 bridgehead atoms. The first-order valence-electron chi connectivity index (χ1n) is 9.58. The van der Waals surface area contributed by atoms with Crippen molar-refractivity contribution in [3.63, 3.8) is 0 Å². The average molecular weight is 485 g/mol. The Morgan fingerprint density at radius 3 is 2.59 bits per heavy atom. The van der Waals surface area contributed by atoms with Crippen molar-refractivity contribution in [2.45, 2.75) is 5.16 Å². The highest BCUT2D eigenvalue weighted by molar-refractivity contribution is 7.99. The summed E-state index contributed by atoms with van der Waals surface area (Å²) in [5.41, 5.74) is 2.11. The fraction of sp³-hybridized carbons (Fsp3) is 0.0870. The van der Waals surface area contributed by atoms with Crippen LogP contribution < -0.4 is 10.1 Å². The van der Waals surface area contributed by atoms with E-state index in [1.54, 1.807) is 31.4 Å². The third-order valence-electron chi connectivity index (χ3n) is 4.53. The summed E-state index contributed by atoms with van der Waals surface area (Å²) in [5.74, 6) is 1.16. The lowest BCUT2D eigenvalue weighted by Gasteiger charge is -2.13. The zero-order chi connectivity index (χ0) is 22.5. The molecule has 4 rings (SSSR count). The first-order valence-corrected chi connectivity index (χ1v) is 11.3. The van der Waals surface area contributed by atoms with Gasteiger partial charge in [0.1, 0.15) is 5.75 Å². The fourth-order valence-corrected chi connectivity index (χ4v) is 4.21. The summed E-state index contributed by atoms with van der Waals surface area (Å²) in [4.78, 5) is 12.5. The summed E-state index contributed by atoms with van der Waals surface area (Å²) >= 11 is 13.6. The van der Waals surface area contributed by atoms with Crippen molar-refractivity contribution in [2.24, 2.45) is 0 Å². The quantitative estimate of drug-likeness (QED) is 0.326. The molecule has 32 heavy (non-hydrogen) atoms. The Hall–Kier alpha value is -3.00. The van der Waals surface area contributed by atoms with E-state index >= 15 is 0 Å². The number of benzene rings is 3. The number of anilines is 1. The van der Waals surface area contributed by atoms with Gasteiger partial charge in [0.25, 0.3) is 0 Å². The van der Waals surface area contributed by atoms with E-state index < -0.39 is 0 Å². The van der Waals surface area contributed by atoms with Crippen molar-refractivity contribution in [3.8, 4) is 22.8 Å². The molecule has 0 aliphatic heterocycles. The molecule has 0 fully saturated rings. The number of para-hydroxylation sites is 2. The molecule has 162 valence electrons. The van der Waals surface area contributed by atoms with Gasteiger partial charge in [0.15, 0.2) is 11.0 Å². The van der Waals surface area contributed by atoms with Gasteiger partial charge in [-0.25, -0.2) is 0 Å². The molecule has 6 nitrogen and oxygen atoms in total. The number of aromatic nitrogens is 3. The molecule has 1 amide bonds. The van der Waals surface area contributed by atoms with Crippen LogP contribution in [0.15, 0.2) is 78.0 Å². The maximum atomic E-state index is 12.5. The summed E-state index contributed by atoms with van der Waals surface area (Å²) < 4.78 is 7.37. The highest BCUT2D eigenvalue weighted by Crippen LogP contribution is 2.34. The Kier molecular flexibility index (Phi) is 6.99. The van der Waals surface area contributed by atoms with Gasteiger partial charge >= 0.3 is 0 Å². The number of methoxy groups -OCH3 is 1. The minimum absolute atomic E-state index is 0.121. The monoisotopic (exact) mass is 484 g/mol. The number of ether oxygens (including phenoxy) is 1. The first-order chi connectivity index (χ1) is 15.6. The number of carbonyl (C=O) groups is 1. The van der Waals surface area contributed by atoms with Gasteiger partial charge < -0.3 is 10.1 Å². The van der Waals surface area contributed by atoms with Gasteiger partial charge in [0, 0.05) is 5.02 Å². The number of amides is 1. The molecule has 0 atom stereocenters. The molecule has 0 aliphatic carbocycles. The number of nitrogens with zero attached hydrogens (tertiary/aromatic N) is 3. The molecule has 1 heterocycles. The molecule has 0 unspecified atom stereocenters. The first kappa shape index (κ1) is 22.2. The standard InChI is InChI=1S/C23H18Cl2N4O2S/c1-31-20-12-5-2-9-17(20)22-27-28-23(29(22)16-8-6-7-15(24)13-16)32-14-21(30)26-19-11-4-3-10-18(19)25/h2-13H,14H2,1H3,(H,26,30). The van der Waals surface area contributed by atoms with Crippen LogP contribution in [0.3, 0.4) is 0 Å². The van der Waals surface area contributed by atoms with E-state index in [0.717, 1.165) is 11.3 Å². The summed E-state index contributed by atoms with van der Waals surface area (Å²) in [6, 6.07) is 22.0. The number of halogens is 2.